The zero-order valence-corrected chi connectivity index (χ0v) is 14.8. The number of hydrogen-bond donors (Lipinski definition) is 1. The maximum atomic E-state index is 12.6. The number of benzene rings is 1. The molecule has 2 N–H and O–H groups in total. The summed E-state index contributed by atoms with van der Waals surface area (Å²) in [6.45, 7) is 1.32. The monoisotopic (exact) mass is 361 g/mol. The van der Waals surface area contributed by atoms with Gasteiger partial charge in [-0.15, -0.1) is 0 Å². The van der Waals surface area contributed by atoms with Crippen LogP contribution in [0.1, 0.15) is 27.6 Å². The first kappa shape index (κ1) is 19.0. The van der Waals surface area contributed by atoms with Crippen molar-refractivity contribution < 1.29 is 19.1 Å². The van der Waals surface area contributed by atoms with Crippen LogP contribution in [0.2, 0.25) is 0 Å². The number of nitrogens with zero attached hydrogens (tertiary/aromatic N) is 2. The van der Waals surface area contributed by atoms with Crippen LogP contribution in [-0.2, 0) is 18.8 Å². The van der Waals surface area contributed by atoms with E-state index in [2.05, 4.69) is 0 Å². The van der Waals surface area contributed by atoms with E-state index in [9.17, 15) is 19.2 Å². The lowest BCUT2D eigenvalue weighted by molar-refractivity contribution is 0.0318. The third-order valence-corrected chi connectivity index (χ3v) is 3.91. The van der Waals surface area contributed by atoms with Gasteiger partial charge in [0.1, 0.15) is 17.1 Å². The average Bonchev–Trinajstić information content (AvgIpc) is 2.64. The summed E-state index contributed by atoms with van der Waals surface area (Å²) in [6.07, 6.45) is -1.28. The molecule has 1 atom stereocenters. The van der Waals surface area contributed by atoms with Crippen molar-refractivity contribution in [2.24, 2.45) is 14.1 Å². The van der Waals surface area contributed by atoms with Crippen LogP contribution < -0.4 is 21.7 Å². The van der Waals surface area contributed by atoms with Crippen LogP contribution in [0.4, 0.5) is 5.82 Å². The average molecular weight is 361 g/mol. The van der Waals surface area contributed by atoms with E-state index >= 15 is 0 Å². The van der Waals surface area contributed by atoms with Gasteiger partial charge >= 0.3 is 11.7 Å². The highest BCUT2D eigenvalue weighted by Gasteiger charge is 2.27. The summed E-state index contributed by atoms with van der Waals surface area (Å²) in [5.41, 5.74) is 4.02. The molecule has 2 aromatic rings. The van der Waals surface area contributed by atoms with E-state index in [-0.39, 0.29) is 11.4 Å². The molecule has 9 nitrogen and oxygen atoms in total. The molecule has 0 unspecified atom stereocenters. The molecule has 26 heavy (non-hydrogen) atoms. The number of hydrogen-bond acceptors (Lipinski definition) is 7. The molecular formula is C17H19N3O6. The Kier molecular flexibility index (Phi) is 5.30. The molecule has 0 radical (unpaired) electrons. The van der Waals surface area contributed by atoms with E-state index in [1.165, 1.54) is 40.3 Å². The molecule has 0 saturated heterocycles. The van der Waals surface area contributed by atoms with Crippen LogP contribution in [0.3, 0.4) is 0 Å². The largest absolute Gasteiger partial charge is 0.497 e. The zero-order valence-electron chi connectivity index (χ0n) is 14.8. The van der Waals surface area contributed by atoms with Gasteiger partial charge in [-0.2, -0.15) is 0 Å². The maximum absolute atomic E-state index is 12.6. The topological polar surface area (TPSA) is 123 Å². The Morgan fingerprint density at radius 3 is 2.42 bits per heavy atom. The highest BCUT2D eigenvalue weighted by atomic mass is 16.5. The van der Waals surface area contributed by atoms with Gasteiger partial charge in [0, 0.05) is 14.1 Å². The second-order valence-electron chi connectivity index (χ2n) is 5.61. The predicted octanol–water partition coefficient (Wildman–Crippen LogP) is 0.103. The van der Waals surface area contributed by atoms with Gasteiger partial charge in [-0.05, 0) is 25.1 Å². The quantitative estimate of drug-likeness (QED) is 0.592. The number of carbonyl (C=O) groups excluding carboxylic acids is 2. The van der Waals surface area contributed by atoms with Gasteiger partial charge in [0.2, 0.25) is 5.78 Å². The number of ether oxygens (including phenoxy) is 2. The van der Waals surface area contributed by atoms with E-state index in [0.29, 0.717) is 5.75 Å². The third-order valence-electron chi connectivity index (χ3n) is 3.91. The van der Waals surface area contributed by atoms with Crippen LogP contribution in [0.15, 0.2) is 33.9 Å². The lowest BCUT2D eigenvalue weighted by atomic mass is 10.1. The molecule has 0 saturated carbocycles. The Morgan fingerprint density at radius 1 is 1.15 bits per heavy atom. The summed E-state index contributed by atoms with van der Waals surface area (Å²) in [5, 5.41) is 0. The van der Waals surface area contributed by atoms with Crippen molar-refractivity contribution in [3.63, 3.8) is 0 Å². The number of Topliss-reactive ketones (excluding diaryl/α,β-unsaturated/α-hetero) is 1. The van der Waals surface area contributed by atoms with Crippen molar-refractivity contribution in [3.05, 3.63) is 56.2 Å². The second-order valence-corrected chi connectivity index (χ2v) is 5.61. The minimum atomic E-state index is -1.28. The number of nitrogens with two attached hydrogens (primary N) is 1. The van der Waals surface area contributed by atoms with Crippen molar-refractivity contribution in [2.45, 2.75) is 13.0 Å². The lowest BCUT2D eigenvalue weighted by Gasteiger charge is -2.15. The summed E-state index contributed by atoms with van der Waals surface area (Å²) in [4.78, 5) is 48.9. The normalized spacial score (nSPS) is 11.7. The number of rotatable bonds is 5. The minimum absolute atomic E-state index is 0.185. The standard InChI is InChI=1S/C17H19N3O6/c1-9(26-16(23)10-6-5-7-11(8-10)25-4)13(21)12-14(18)19(2)17(24)20(3)15(12)22/h5-9H,18H2,1-4H3/t9-/m1/s1. The molecular weight excluding hydrogens is 342 g/mol. The number of esters is 1. The third kappa shape index (κ3) is 3.37. The molecule has 0 aliphatic rings. The molecule has 0 spiro atoms. The lowest BCUT2D eigenvalue weighted by Crippen LogP contribution is -2.43. The smallest absolute Gasteiger partial charge is 0.338 e. The summed E-state index contributed by atoms with van der Waals surface area (Å²) >= 11 is 0. The Bertz CT molecular complexity index is 989. The summed E-state index contributed by atoms with van der Waals surface area (Å²) < 4.78 is 11.9. The molecule has 0 bridgehead atoms. The fourth-order valence-corrected chi connectivity index (χ4v) is 2.33. The number of carbonyl (C=O) groups is 2. The van der Waals surface area contributed by atoms with E-state index in [0.717, 1.165) is 9.13 Å². The van der Waals surface area contributed by atoms with Crippen LogP contribution in [0.5, 0.6) is 5.75 Å². The van der Waals surface area contributed by atoms with E-state index < -0.39 is 34.7 Å². The highest BCUT2D eigenvalue weighted by molar-refractivity contribution is 6.04. The molecule has 138 valence electrons. The van der Waals surface area contributed by atoms with Crippen LogP contribution in [0.25, 0.3) is 0 Å². The van der Waals surface area contributed by atoms with Gasteiger partial charge in [0.15, 0.2) is 6.10 Å². The number of ketones is 1. The molecule has 0 aliphatic heterocycles. The molecule has 1 heterocycles. The predicted molar refractivity (Wildman–Crippen MR) is 93.5 cm³/mol. The SMILES string of the molecule is COc1cccc(C(=O)O[C@H](C)C(=O)c2c(N)n(C)c(=O)n(C)c2=O)c1. The Balaban J connectivity index is 2.32. The highest BCUT2D eigenvalue weighted by Crippen LogP contribution is 2.15. The van der Waals surface area contributed by atoms with Crippen LogP contribution in [-0.4, -0.2) is 34.1 Å². The molecule has 0 aliphatic carbocycles. The van der Waals surface area contributed by atoms with Crippen molar-refractivity contribution in [1.82, 2.24) is 9.13 Å². The first-order valence-electron chi connectivity index (χ1n) is 7.63. The second kappa shape index (κ2) is 7.26. The molecule has 1 aromatic carbocycles. The molecule has 0 fully saturated rings. The van der Waals surface area contributed by atoms with Crippen molar-refractivity contribution >= 4 is 17.6 Å². The first-order chi connectivity index (χ1) is 12.2. The zero-order chi connectivity index (χ0) is 19.6. The molecule has 1 aromatic heterocycles. The first-order valence-corrected chi connectivity index (χ1v) is 7.63. The number of nitrogen functional groups attached to an aromatic ring is 1. The molecule has 0 amide bonds. The summed E-state index contributed by atoms with van der Waals surface area (Å²) in [7, 11) is 4.02. The van der Waals surface area contributed by atoms with Gasteiger partial charge in [0.25, 0.3) is 5.56 Å². The van der Waals surface area contributed by atoms with Gasteiger partial charge in [-0.1, -0.05) is 6.07 Å². The van der Waals surface area contributed by atoms with Gasteiger partial charge in [-0.25, -0.2) is 9.59 Å². The molecule has 2 rings (SSSR count). The van der Waals surface area contributed by atoms with Crippen molar-refractivity contribution in [2.75, 3.05) is 12.8 Å². The van der Waals surface area contributed by atoms with Crippen LogP contribution >= 0.6 is 0 Å². The minimum Gasteiger partial charge on any atom is -0.497 e. The van der Waals surface area contributed by atoms with E-state index in [1.807, 2.05) is 0 Å². The molecule has 9 heteroatoms. The van der Waals surface area contributed by atoms with Gasteiger partial charge < -0.3 is 15.2 Å². The fourth-order valence-electron chi connectivity index (χ4n) is 2.33. The summed E-state index contributed by atoms with van der Waals surface area (Å²) in [6, 6.07) is 6.21. The number of aromatic nitrogens is 2. The van der Waals surface area contributed by atoms with Gasteiger partial charge in [0.05, 0.1) is 12.7 Å². The van der Waals surface area contributed by atoms with Crippen molar-refractivity contribution in [1.29, 1.82) is 0 Å². The summed E-state index contributed by atoms with van der Waals surface area (Å²) in [5.74, 6) is -1.39. The van der Waals surface area contributed by atoms with Crippen molar-refractivity contribution in [3.8, 4) is 5.75 Å². The van der Waals surface area contributed by atoms with E-state index in [4.69, 9.17) is 15.2 Å². The fraction of sp³-hybridized carbons (Fsp3) is 0.294. The Hall–Kier alpha value is -3.36. The number of anilines is 1. The van der Waals surface area contributed by atoms with Gasteiger partial charge in [-0.3, -0.25) is 18.7 Å². The van der Waals surface area contributed by atoms with E-state index in [1.54, 1.807) is 12.1 Å². The van der Waals surface area contributed by atoms with Crippen LogP contribution in [0, 0.1) is 0 Å². The number of methoxy groups -OCH3 is 1. The Labute approximate surface area is 148 Å². The maximum Gasteiger partial charge on any atom is 0.338 e. The Morgan fingerprint density at radius 2 is 1.81 bits per heavy atom.